The van der Waals surface area contributed by atoms with E-state index >= 15 is 0 Å². The van der Waals surface area contributed by atoms with Crippen LogP contribution >= 0.6 is 11.3 Å². The summed E-state index contributed by atoms with van der Waals surface area (Å²) in [6.45, 7) is 6.36. The molecule has 1 N–H and O–H groups in total. The minimum atomic E-state index is -0.973. The van der Waals surface area contributed by atoms with Gasteiger partial charge < -0.3 is 15.0 Å². The number of hydrogen-bond acceptors (Lipinski definition) is 7. The molecule has 1 saturated heterocycles. The molecule has 0 unspecified atom stereocenters. The minimum absolute atomic E-state index is 0.0317. The Hall–Kier alpha value is -3.00. The number of aromatic nitrogens is 3. The van der Waals surface area contributed by atoms with Gasteiger partial charge in [0.25, 0.3) is 5.91 Å². The predicted molar refractivity (Wildman–Crippen MR) is 117 cm³/mol. The van der Waals surface area contributed by atoms with Crippen LogP contribution in [0.5, 0.6) is 5.75 Å². The second-order valence-electron chi connectivity index (χ2n) is 7.90. The number of aryl methyl sites for hydroxylation is 1. The predicted octanol–water partition coefficient (Wildman–Crippen LogP) is 4.51. The van der Waals surface area contributed by atoms with Gasteiger partial charge >= 0.3 is 0 Å². The number of likely N-dealkylation sites (tertiary alicyclic amines) is 1. The van der Waals surface area contributed by atoms with E-state index in [-0.39, 0.29) is 11.9 Å². The molecule has 8 heteroatoms. The second kappa shape index (κ2) is 8.39. The molecule has 1 amide bonds. The maximum absolute atomic E-state index is 13.4. The quantitative estimate of drug-likeness (QED) is 0.628. The Morgan fingerprint density at radius 1 is 1.27 bits per heavy atom. The van der Waals surface area contributed by atoms with Gasteiger partial charge in [-0.25, -0.2) is 4.98 Å². The van der Waals surface area contributed by atoms with E-state index in [2.05, 4.69) is 15.5 Å². The van der Waals surface area contributed by atoms with E-state index in [0.717, 1.165) is 24.1 Å². The largest absolute Gasteiger partial charge is 0.478 e. The highest BCUT2D eigenvalue weighted by Crippen LogP contribution is 2.34. The van der Waals surface area contributed by atoms with Crippen molar-refractivity contribution >= 4 is 28.2 Å². The van der Waals surface area contributed by atoms with Crippen molar-refractivity contribution in [3.63, 3.8) is 0 Å². The zero-order valence-corrected chi connectivity index (χ0v) is 18.1. The number of ether oxygens (including phenoxy) is 1. The Morgan fingerprint density at radius 3 is 2.87 bits per heavy atom. The molecule has 30 heavy (non-hydrogen) atoms. The summed E-state index contributed by atoms with van der Waals surface area (Å²) in [7, 11) is 0. The summed E-state index contributed by atoms with van der Waals surface area (Å²) in [5.74, 6) is 1.36. The van der Waals surface area contributed by atoms with Gasteiger partial charge in [-0.05, 0) is 63.4 Å². The lowest BCUT2D eigenvalue weighted by Gasteiger charge is -2.33. The van der Waals surface area contributed by atoms with Gasteiger partial charge in [-0.2, -0.15) is 0 Å². The number of carbonyl (C=O) groups excluding carboxylic acids is 1. The van der Waals surface area contributed by atoms with Crippen molar-refractivity contribution in [1.29, 1.82) is 0 Å². The SMILES string of the molecule is Cc1cccc(OC(C)(C)C(=O)N2CCC[C@H]2c2cccc(Nc3nncs3)n2)c1. The van der Waals surface area contributed by atoms with Crippen LogP contribution < -0.4 is 10.1 Å². The number of hydrogen-bond donors (Lipinski definition) is 1. The third kappa shape index (κ3) is 4.43. The summed E-state index contributed by atoms with van der Waals surface area (Å²) in [6.07, 6.45) is 1.81. The lowest BCUT2D eigenvalue weighted by Crippen LogP contribution is -2.48. The smallest absolute Gasteiger partial charge is 0.266 e. The van der Waals surface area contributed by atoms with Gasteiger partial charge in [0, 0.05) is 6.54 Å². The van der Waals surface area contributed by atoms with Crippen molar-refractivity contribution in [1.82, 2.24) is 20.1 Å². The first kappa shape index (κ1) is 20.3. The van der Waals surface area contributed by atoms with Crippen molar-refractivity contribution in [2.24, 2.45) is 0 Å². The van der Waals surface area contributed by atoms with Crippen molar-refractivity contribution in [2.45, 2.75) is 45.3 Å². The minimum Gasteiger partial charge on any atom is -0.478 e. The summed E-state index contributed by atoms with van der Waals surface area (Å²) >= 11 is 1.41. The molecule has 1 aromatic carbocycles. The zero-order valence-electron chi connectivity index (χ0n) is 17.3. The molecule has 7 nitrogen and oxygen atoms in total. The zero-order chi connectivity index (χ0) is 21.1. The third-order valence-electron chi connectivity index (χ3n) is 5.10. The monoisotopic (exact) mass is 423 g/mol. The van der Waals surface area contributed by atoms with Crippen LogP contribution in [0.3, 0.4) is 0 Å². The normalized spacial score (nSPS) is 16.5. The molecule has 1 fully saturated rings. The molecule has 1 atom stereocenters. The summed E-state index contributed by atoms with van der Waals surface area (Å²) < 4.78 is 6.10. The summed E-state index contributed by atoms with van der Waals surface area (Å²) in [6, 6.07) is 13.5. The van der Waals surface area contributed by atoms with E-state index in [1.807, 2.05) is 68.1 Å². The highest BCUT2D eigenvalue weighted by atomic mass is 32.1. The van der Waals surface area contributed by atoms with E-state index in [9.17, 15) is 4.79 Å². The molecular weight excluding hydrogens is 398 g/mol. The summed E-state index contributed by atoms with van der Waals surface area (Å²) in [5, 5.41) is 11.7. The molecular formula is C22H25N5O2S. The Morgan fingerprint density at radius 2 is 2.10 bits per heavy atom. The summed E-state index contributed by atoms with van der Waals surface area (Å²) in [5.41, 5.74) is 2.65. The third-order valence-corrected chi connectivity index (χ3v) is 5.70. The first-order chi connectivity index (χ1) is 14.4. The standard InChI is InChI=1S/C22H25N5O2S/c1-15-7-4-8-16(13-15)29-22(2,3)20(28)27-12-6-10-18(27)17-9-5-11-19(24-17)25-21-26-23-14-30-21/h4-5,7-9,11,13-14,18H,6,10,12H2,1-3H3,(H,24,25,26)/t18-/m0/s1. The lowest BCUT2D eigenvalue weighted by molar-refractivity contribution is -0.146. The molecule has 0 spiro atoms. The molecule has 0 bridgehead atoms. The number of nitrogens with zero attached hydrogens (tertiary/aromatic N) is 4. The Kier molecular flexibility index (Phi) is 5.67. The molecule has 0 radical (unpaired) electrons. The van der Waals surface area contributed by atoms with E-state index in [4.69, 9.17) is 9.72 Å². The van der Waals surface area contributed by atoms with Gasteiger partial charge in [-0.3, -0.25) is 4.79 Å². The maximum atomic E-state index is 13.4. The van der Waals surface area contributed by atoms with Crippen LogP contribution in [0, 0.1) is 6.92 Å². The topological polar surface area (TPSA) is 80.2 Å². The molecule has 3 aromatic rings. The van der Waals surface area contributed by atoms with Crippen LogP contribution in [0.1, 0.15) is 44.0 Å². The van der Waals surface area contributed by atoms with Crippen molar-refractivity contribution in [3.05, 3.63) is 59.2 Å². The molecule has 4 rings (SSSR count). The van der Waals surface area contributed by atoms with Crippen LogP contribution in [0.2, 0.25) is 0 Å². The fraction of sp³-hybridized carbons (Fsp3) is 0.364. The average molecular weight is 424 g/mol. The van der Waals surface area contributed by atoms with E-state index in [1.54, 1.807) is 5.51 Å². The molecule has 0 saturated carbocycles. The molecule has 2 aromatic heterocycles. The molecule has 3 heterocycles. The Bertz CT molecular complexity index is 1020. The van der Waals surface area contributed by atoms with Gasteiger partial charge in [-0.1, -0.05) is 29.5 Å². The number of nitrogens with one attached hydrogen (secondary N) is 1. The lowest BCUT2D eigenvalue weighted by atomic mass is 10.0. The maximum Gasteiger partial charge on any atom is 0.266 e. The number of rotatable bonds is 6. The summed E-state index contributed by atoms with van der Waals surface area (Å²) in [4.78, 5) is 20.1. The number of benzene rings is 1. The van der Waals surface area contributed by atoms with Gasteiger partial charge in [-0.15, -0.1) is 10.2 Å². The van der Waals surface area contributed by atoms with E-state index in [0.29, 0.717) is 23.2 Å². The van der Waals surface area contributed by atoms with Gasteiger partial charge in [0.15, 0.2) is 5.60 Å². The highest BCUT2D eigenvalue weighted by Gasteiger charge is 2.40. The fourth-order valence-electron chi connectivity index (χ4n) is 3.72. The number of anilines is 2. The van der Waals surface area contributed by atoms with E-state index in [1.165, 1.54) is 11.3 Å². The Balaban J connectivity index is 1.52. The first-order valence-electron chi connectivity index (χ1n) is 9.99. The van der Waals surface area contributed by atoms with Crippen LogP contribution in [-0.2, 0) is 4.79 Å². The number of carbonyl (C=O) groups is 1. The average Bonchev–Trinajstić information content (AvgIpc) is 3.39. The second-order valence-corrected chi connectivity index (χ2v) is 8.74. The number of amides is 1. The van der Waals surface area contributed by atoms with E-state index < -0.39 is 5.60 Å². The molecule has 156 valence electrons. The van der Waals surface area contributed by atoms with Gasteiger partial charge in [0.2, 0.25) is 5.13 Å². The first-order valence-corrected chi connectivity index (χ1v) is 10.9. The van der Waals surface area contributed by atoms with Crippen molar-refractivity contribution in [3.8, 4) is 5.75 Å². The fourth-order valence-corrected chi connectivity index (χ4v) is 4.18. The molecule has 1 aliphatic rings. The van der Waals surface area contributed by atoms with Crippen LogP contribution in [0.4, 0.5) is 10.9 Å². The Labute approximate surface area is 180 Å². The van der Waals surface area contributed by atoms with Crippen molar-refractivity contribution < 1.29 is 9.53 Å². The highest BCUT2D eigenvalue weighted by molar-refractivity contribution is 7.13. The molecule has 1 aliphatic heterocycles. The van der Waals surface area contributed by atoms with Crippen LogP contribution in [0.15, 0.2) is 48.0 Å². The van der Waals surface area contributed by atoms with Crippen molar-refractivity contribution in [2.75, 3.05) is 11.9 Å². The molecule has 0 aliphatic carbocycles. The number of pyridine rings is 1. The van der Waals surface area contributed by atoms with Gasteiger partial charge in [0.05, 0.1) is 11.7 Å². The van der Waals surface area contributed by atoms with Gasteiger partial charge in [0.1, 0.15) is 17.1 Å². The van der Waals surface area contributed by atoms with Crippen LogP contribution in [0.25, 0.3) is 0 Å². The van der Waals surface area contributed by atoms with Crippen LogP contribution in [-0.4, -0.2) is 38.1 Å².